The van der Waals surface area contributed by atoms with Gasteiger partial charge in [0, 0.05) is 17.0 Å². The largest absolute Gasteiger partial charge is 0.295 e. The molecule has 0 fully saturated rings. The van der Waals surface area contributed by atoms with Crippen LogP contribution < -0.4 is 0 Å². The van der Waals surface area contributed by atoms with Crippen molar-refractivity contribution in [1.29, 1.82) is 0 Å². The van der Waals surface area contributed by atoms with Crippen LogP contribution in [0.5, 0.6) is 0 Å². The summed E-state index contributed by atoms with van der Waals surface area (Å²) in [7, 11) is 0. The van der Waals surface area contributed by atoms with E-state index in [1.165, 1.54) is 6.42 Å². The highest BCUT2D eigenvalue weighted by atomic mass is 16.1. The minimum absolute atomic E-state index is 0.201. The van der Waals surface area contributed by atoms with Gasteiger partial charge in [0.1, 0.15) is 0 Å². The maximum Gasteiger partial charge on any atom is 0.157 e. The van der Waals surface area contributed by atoms with Gasteiger partial charge in [0.15, 0.2) is 5.78 Å². The fourth-order valence-electron chi connectivity index (χ4n) is 1.70. The number of Topliss-reactive ketones (excluding diaryl/α,β-unsaturated/α-hetero) is 1. The molecule has 0 amide bonds. The van der Waals surface area contributed by atoms with E-state index in [9.17, 15) is 4.79 Å². The number of allylic oxidation sites excluding steroid dienone is 2. The molecular formula is C12H19NO. The molecule has 0 radical (unpaired) electrons. The van der Waals surface area contributed by atoms with E-state index in [-0.39, 0.29) is 5.78 Å². The van der Waals surface area contributed by atoms with Gasteiger partial charge in [0.05, 0.1) is 0 Å². The average Bonchev–Trinajstić information content (AvgIpc) is 2.18. The summed E-state index contributed by atoms with van der Waals surface area (Å²) in [6.07, 6.45) is 5.18. The number of ketones is 1. The van der Waals surface area contributed by atoms with E-state index in [0.29, 0.717) is 0 Å². The van der Waals surface area contributed by atoms with E-state index in [2.05, 4.69) is 11.9 Å². The second kappa shape index (κ2) is 5.08. The fourth-order valence-corrected chi connectivity index (χ4v) is 1.70. The minimum atomic E-state index is 0.201. The third kappa shape index (κ3) is 2.79. The van der Waals surface area contributed by atoms with E-state index >= 15 is 0 Å². The third-order valence-corrected chi connectivity index (χ3v) is 2.70. The van der Waals surface area contributed by atoms with Crippen LogP contribution in [0.1, 0.15) is 52.9 Å². The van der Waals surface area contributed by atoms with Crippen molar-refractivity contribution in [2.24, 2.45) is 4.99 Å². The second-order valence-corrected chi connectivity index (χ2v) is 3.89. The van der Waals surface area contributed by atoms with Crippen molar-refractivity contribution in [2.45, 2.75) is 52.9 Å². The second-order valence-electron chi connectivity index (χ2n) is 3.89. The van der Waals surface area contributed by atoms with Gasteiger partial charge in [-0.1, -0.05) is 6.92 Å². The third-order valence-electron chi connectivity index (χ3n) is 2.70. The highest BCUT2D eigenvalue weighted by Crippen LogP contribution is 2.26. The van der Waals surface area contributed by atoms with Crippen LogP contribution in [0.25, 0.3) is 0 Å². The lowest BCUT2D eigenvalue weighted by Gasteiger charge is -2.15. The van der Waals surface area contributed by atoms with Crippen LogP contribution in [0.3, 0.4) is 0 Å². The van der Waals surface area contributed by atoms with Crippen molar-refractivity contribution in [3.63, 3.8) is 0 Å². The molecule has 0 saturated carbocycles. The van der Waals surface area contributed by atoms with E-state index in [4.69, 9.17) is 0 Å². The quantitative estimate of drug-likeness (QED) is 0.632. The highest BCUT2D eigenvalue weighted by molar-refractivity contribution is 5.95. The number of carbonyl (C=O) groups excluding carboxylic acids is 1. The molecule has 78 valence electrons. The summed E-state index contributed by atoms with van der Waals surface area (Å²) in [6, 6.07) is 0. The molecule has 2 nitrogen and oxygen atoms in total. The molecule has 0 aromatic carbocycles. The van der Waals surface area contributed by atoms with Crippen LogP contribution in [-0.4, -0.2) is 11.5 Å². The van der Waals surface area contributed by atoms with Gasteiger partial charge in [-0.25, -0.2) is 0 Å². The van der Waals surface area contributed by atoms with E-state index in [1.807, 2.05) is 6.92 Å². The van der Waals surface area contributed by atoms with Crippen LogP contribution in [0.4, 0.5) is 0 Å². The Bertz CT molecular complexity index is 287. The average molecular weight is 193 g/mol. The van der Waals surface area contributed by atoms with Crippen molar-refractivity contribution in [1.82, 2.24) is 0 Å². The predicted octanol–water partition coefficient (Wildman–Crippen LogP) is 3.27. The molecule has 2 heteroatoms. The predicted molar refractivity (Wildman–Crippen MR) is 59.6 cm³/mol. The smallest absolute Gasteiger partial charge is 0.157 e. The Kier molecular flexibility index (Phi) is 4.05. The first-order chi connectivity index (χ1) is 6.65. The molecule has 0 atom stereocenters. The van der Waals surface area contributed by atoms with Crippen LogP contribution in [0.2, 0.25) is 0 Å². The van der Waals surface area contributed by atoms with Gasteiger partial charge in [0.2, 0.25) is 0 Å². The Morgan fingerprint density at radius 3 is 2.50 bits per heavy atom. The molecule has 1 aliphatic rings. The molecule has 0 heterocycles. The van der Waals surface area contributed by atoms with Gasteiger partial charge in [-0.05, 0) is 46.0 Å². The summed E-state index contributed by atoms with van der Waals surface area (Å²) in [5.41, 5.74) is 3.13. The van der Waals surface area contributed by atoms with Gasteiger partial charge in [-0.15, -0.1) is 0 Å². The fraction of sp³-hybridized carbons (Fsp3) is 0.667. The van der Waals surface area contributed by atoms with E-state index in [0.717, 1.165) is 42.7 Å². The number of aliphatic imine (C=N–C) groups is 1. The summed E-state index contributed by atoms with van der Waals surface area (Å²) in [6.45, 7) is 5.77. The minimum Gasteiger partial charge on any atom is -0.295 e. The molecule has 0 N–H and O–H groups in total. The first-order valence-electron chi connectivity index (χ1n) is 5.42. The topological polar surface area (TPSA) is 29.4 Å². The van der Waals surface area contributed by atoms with Gasteiger partial charge >= 0.3 is 0 Å². The van der Waals surface area contributed by atoms with E-state index < -0.39 is 0 Å². The maximum absolute atomic E-state index is 11.4. The highest BCUT2D eigenvalue weighted by Gasteiger charge is 2.15. The first kappa shape index (κ1) is 11.2. The molecule has 14 heavy (non-hydrogen) atoms. The molecule has 0 saturated heterocycles. The lowest BCUT2D eigenvalue weighted by Crippen LogP contribution is -2.07. The molecule has 0 spiro atoms. The van der Waals surface area contributed by atoms with Gasteiger partial charge in [-0.3, -0.25) is 9.79 Å². The van der Waals surface area contributed by atoms with Crippen LogP contribution in [-0.2, 0) is 4.79 Å². The standard InChI is InChI=1S/C12H19NO/c1-4-9(2)13-12-8-6-5-7-11(12)10(3)14/h4-8H2,1-3H3. The Balaban J connectivity index is 2.94. The van der Waals surface area contributed by atoms with Crippen molar-refractivity contribution < 1.29 is 4.79 Å². The normalized spacial score (nSPS) is 18.6. The number of hydrogen-bond donors (Lipinski definition) is 0. The number of hydrogen-bond acceptors (Lipinski definition) is 2. The van der Waals surface area contributed by atoms with Gasteiger partial charge in [0.25, 0.3) is 0 Å². The summed E-state index contributed by atoms with van der Waals surface area (Å²) >= 11 is 0. The number of carbonyl (C=O) groups is 1. The summed E-state index contributed by atoms with van der Waals surface area (Å²) in [5, 5.41) is 0. The molecule has 0 aliphatic heterocycles. The SMILES string of the molecule is CCC(C)=NC1=C(C(C)=O)CCCC1. The molecule has 1 aliphatic carbocycles. The zero-order valence-electron chi connectivity index (χ0n) is 9.39. The lowest BCUT2D eigenvalue weighted by atomic mass is 9.94. The summed E-state index contributed by atoms with van der Waals surface area (Å²) in [5.74, 6) is 0.201. The molecule has 0 aromatic heterocycles. The van der Waals surface area contributed by atoms with Crippen molar-refractivity contribution >= 4 is 11.5 Å². The summed E-state index contributed by atoms with van der Waals surface area (Å²) < 4.78 is 0. The van der Waals surface area contributed by atoms with Crippen LogP contribution in [0, 0.1) is 0 Å². The summed E-state index contributed by atoms with van der Waals surface area (Å²) in [4.78, 5) is 15.9. The Morgan fingerprint density at radius 2 is 1.93 bits per heavy atom. The monoisotopic (exact) mass is 193 g/mol. The van der Waals surface area contributed by atoms with Crippen LogP contribution in [0.15, 0.2) is 16.3 Å². The molecule has 0 bridgehead atoms. The van der Waals surface area contributed by atoms with E-state index in [1.54, 1.807) is 6.92 Å². The zero-order chi connectivity index (χ0) is 10.6. The Morgan fingerprint density at radius 1 is 1.29 bits per heavy atom. The van der Waals surface area contributed by atoms with Gasteiger partial charge < -0.3 is 0 Å². The number of nitrogens with zero attached hydrogens (tertiary/aromatic N) is 1. The van der Waals surface area contributed by atoms with Crippen molar-refractivity contribution in [2.75, 3.05) is 0 Å². The molecular weight excluding hydrogens is 174 g/mol. The van der Waals surface area contributed by atoms with Crippen molar-refractivity contribution in [3.8, 4) is 0 Å². The first-order valence-corrected chi connectivity index (χ1v) is 5.42. The zero-order valence-corrected chi connectivity index (χ0v) is 9.39. The molecule has 1 rings (SSSR count). The Hall–Kier alpha value is -0.920. The Labute approximate surface area is 86.1 Å². The molecule has 0 aromatic rings. The van der Waals surface area contributed by atoms with Gasteiger partial charge in [-0.2, -0.15) is 0 Å². The lowest BCUT2D eigenvalue weighted by molar-refractivity contribution is -0.113. The maximum atomic E-state index is 11.4. The molecule has 0 unspecified atom stereocenters. The number of rotatable bonds is 3. The van der Waals surface area contributed by atoms with Crippen molar-refractivity contribution in [3.05, 3.63) is 11.3 Å². The van der Waals surface area contributed by atoms with Crippen LogP contribution >= 0.6 is 0 Å².